The van der Waals surface area contributed by atoms with Gasteiger partial charge < -0.3 is 24.6 Å². The number of esters is 2. The molecule has 8 nitrogen and oxygen atoms in total. The van der Waals surface area contributed by atoms with E-state index < -0.39 is 35.3 Å². The van der Waals surface area contributed by atoms with E-state index in [9.17, 15) is 14.4 Å². The van der Waals surface area contributed by atoms with Gasteiger partial charge in [0.1, 0.15) is 23.9 Å². The lowest BCUT2D eigenvalue weighted by atomic mass is 10.1. The van der Waals surface area contributed by atoms with Crippen molar-refractivity contribution in [2.45, 2.75) is 71.6 Å². The SMILES string of the molecule is CC(C)(C)OC(=O)CC[C@H](NC(=O)OC(C)(C)C)C(=O)OCCSCCO. The molecule has 0 rings (SSSR count). The minimum absolute atomic E-state index is 0.0385. The summed E-state index contributed by atoms with van der Waals surface area (Å²) in [5, 5.41) is 11.2. The molecular weight excluding hydrogens is 374 g/mol. The normalized spacial score (nSPS) is 12.9. The summed E-state index contributed by atoms with van der Waals surface area (Å²) < 4.78 is 15.5. The van der Waals surface area contributed by atoms with Crippen LogP contribution in [0, 0.1) is 0 Å². The number of aliphatic hydroxyl groups is 1. The van der Waals surface area contributed by atoms with Gasteiger partial charge in [-0.3, -0.25) is 4.79 Å². The summed E-state index contributed by atoms with van der Waals surface area (Å²) in [6, 6.07) is -1.02. The van der Waals surface area contributed by atoms with Crippen molar-refractivity contribution < 1.29 is 33.7 Å². The minimum atomic E-state index is -1.02. The second-order valence-corrected chi connectivity index (χ2v) is 9.05. The molecule has 0 aromatic rings. The molecule has 0 fully saturated rings. The molecule has 9 heteroatoms. The average Bonchev–Trinajstić information content (AvgIpc) is 2.47. The van der Waals surface area contributed by atoms with Crippen LogP contribution in [0.1, 0.15) is 54.4 Å². The Bertz CT molecular complexity index is 483. The van der Waals surface area contributed by atoms with Crippen molar-refractivity contribution >= 4 is 29.8 Å². The molecule has 158 valence electrons. The van der Waals surface area contributed by atoms with Gasteiger partial charge in [0, 0.05) is 17.9 Å². The highest BCUT2D eigenvalue weighted by Crippen LogP contribution is 2.12. The molecule has 0 radical (unpaired) electrons. The number of aliphatic hydroxyl groups excluding tert-OH is 1. The van der Waals surface area contributed by atoms with Crippen molar-refractivity contribution in [1.29, 1.82) is 0 Å². The Hall–Kier alpha value is -1.48. The Labute approximate surface area is 165 Å². The van der Waals surface area contributed by atoms with Crippen LogP contribution in [0.5, 0.6) is 0 Å². The van der Waals surface area contributed by atoms with E-state index in [1.165, 1.54) is 11.8 Å². The minimum Gasteiger partial charge on any atom is -0.463 e. The van der Waals surface area contributed by atoms with Crippen LogP contribution in [0.3, 0.4) is 0 Å². The van der Waals surface area contributed by atoms with Gasteiger partial charge in [0.15, 0.2) is 0 Å². The first kappa shape index (κ1) is 25.5. The zero-order valence-corrected chi connectivity index (χ0v) is 17.9. The summed E-state index contributed by atoms with van der Waals surface area (Å²) >= 11 is 1.44. The van der Waals surface area contributed by atoms with Crippen LogP contribution in [0.15, 0.2) is 0 Å². The Morgan fingerprint density at radius 3 is 2.11 bits per heavy atom. The van der Waals surface area contributed by atoms with E-state index in [1.54, 1.807) is 41.5 Å². The molecule has 1 amide bonds. The van der Waals surface area contributed by atoms with E-state index in [0.717, 1.165) is 0 Å². The third-order valence-electron chi connectivity index (χ3n) is 2.74. The van der Waals surface area contributed by atoms with Gasteiger partial charge >= 0.3 is 18.0 Å². The molecule has 0 saturated heterocycles. The zero-order valence-electron chi connectivity index (χ0n) is 17.1. The highest BCUT2D eigenvalue weighted by atomic mass is 32.2. The van der Waals surface area contributed by atoms with Gasteiger partial charge in [0.25, 0.3) is 0 Å². The van der Waals surface area contributed by atoms with Crippen LogP contribution < -0.4 is 5.32 Å². The molecule has 0 bridgehead atoms. The fourth-order valence-corrected chi connectivity index (χ4v) is 2.36. The van der Waals surface area contributed by atoms with Crippen LogP contribution in [0.4, 0.5) is 4.79 Å². The first-order valence-electron chi connectivity index (χ1n) is 8.90. The van der Waals surface area contributed by atoms with Crippen LogP contribution in [0.2, 0.25) is 0 Å². The fraction of sp³-hybridized carbons (Fsp3) is 0.833. The van der Waals surface area contributed by atoms with Gasteiger partial charge in [-0.1, -0.05) is 0 Å². The first-order chi connectivity index (χ1) is 12.3. The Morgan fingerprint density at radius 1 is 1.00 bits per heavy atom. The summed E-state index contributed by atoms with van der Waals surface area (Å²) in [7, 11) is 0. The van der Waals surface area contributed by atoms with Gasteiger partial charge in [0.05, 0.1) is 6.61 Å². The molecule has 0 saturated carbocycles. The fourth-order valence-electron chi connectivity index (χ4n) is 1.82. The molecule has 0 aromatic carbocycles. The van der Waals surface area contributed by atoms with E-state index in [0.29, 0.717) is 11.5 Å². The Morgan fingerprint density at radius 2 is 1.59 bits per heavy atom. The molecule has 2 N–H and O–H groups in total. The molecule has 0 unspecified atom stereocenters. The maximum atomic E-state index is 12.3. The number of hydrogen-bond donors (Lipinski definition) is 2. The molecule has 0 aliphatic rings. The molecule has 0 spiro atoms. The van der Waals surface area contributed by atoms with Crippen molar-refractivity contribution in [2.75, 3.05) is 24.7 Å². The summed E-state index contributed by atoms with van der Waals surface area (Å²) in [6.45, 7) is 10.6. The van der Waals surface area contributed by atoms with E-state index in [2.05, 4.69) is 5.32 Å². The number of hydrogen-bond acceptors (Lipinski definition) is 8. The maximum Gasteiger partial charge on any atom is 0.408 e. The van der Waals surface area contributed by atoms with E-state index >= 15 is 0 Å². The van der Waals surface area contributed by atoms with Crippen LogP contribution in [-0.4, -0.2) is 65.1 Å². The lowest BCUT2D eigenvalue weighted by Crippen LogP contribution is -2.44. The monoisotopic (exact) mass is 407 g/mol. The van der Waals surface area contributed by atoms with Gasteiger partial charge in [-0.15, -0.1) is 0 Å². The molecule has 1 atom stereocenters. The summed E-state index contributed by atoms with van der Waals surface area (Å²) in [6.07, 6.45) is -0.772. The molecule has 0 aliphatic carbocycles. The third kappa shape index (κ3) is 15.3. The highest BCUT2D eigenvalue weighted by Gasteiger charge is 2.27. The van der Waals surface area contributed by atoms with Gasteiger partial charge in [-0.25, -0.2) is 9.59 Å². The van der Waals surface area contributed by atoms with Crippen molar-refractivity contribution in [1.82, 2.24) is 5.32 Å². The second kappa shape index (κ2) is 12.1. The lowest BCUT2D eigenvalue weighted by Gasteiger charge is -2.23. The number of ether oxygens (including phenoxy) is 3. The number of thioether (sulfide) groups is 1. The van der Waals surface area contributed by atoms with Gasteiger partial charge in [-0.05, 0) is 48.0 Å². The number of alkyl carbamates (subject to hydrolysis) is 1. The summed E-state index contributed by atoms with van der Waals surface area (Å²) in [4.78, 5) is 36.1. The average molecular weight is 408 g/mol. The molecule has 27 heavy (non-hydrogen) atoms. The maximum absolute atomic E-state index is 12.3. The summed E-state index contributed by atoms with van der Waals surface area (Å²) in [5.41, 5.74) is -1.35. The van der Waals surface area contributed by atoms with Crippen LogP contribution in [0.25, 0.3) is 0 Å². The quantitative estimate of drug-likeness (QED) is 0.322. The number of amides is 1. The number of carbonyl (C=O) groups is 3. The molecule has 0 aromatic heterocycles. The lowest BCUT2D eigenvalue weighted by molar-refractivity contribution is -0.155. The van der Waals surface area contributed by atoms with Gasteiger partial charge in [0.2, 0.25) is 0 Å². The first-order valence-corrected chi connectivity index (χ1v) is 10.1. The van der Waals surface area contributed by atoms with Crippen molar-refractivity contribution in [3.05, 3.63) is 0 Å². The van der Waals surface area contributed by atoms with Gasteiger partial charge in [-0.2, -0.15) is 11.8 Å². The van der Waals surface area contributed by atoms with Crippen LogP contribution in [-0.2, 0) is 23.8 Å². The summed E-state index contributed by atoms with van der Waals surface area (Å²) in [5.74, 6) is -0.0355. The highest BCUT2D eigenvalue weighted by molar-refractivity contribution is 7.99. The zero-order chi connectivity index (χ0) is 21.1. The molecule has 0 heterocycles. The molecular formula is C18H33NO7S. The number of carbonyl (C=O) groups excluding carboxylic acids is 3. The Balaban J connectivity index is 4.71. The van der Waals surface area contributed by atoms with Crippen molar-refractivity contribution in [2.24, 2.45) is 0 Å². The third-order valence-corrected chi connectivity index (χ3v) is 3.67. The largest absolute Gasteiger partial charge is 0.463 e. The van der Waals surface area contributed by atoms with E-state index in [4.69, 9.17) is 19.3 Å². The Kier molecular flexibility index (Phi) is 11.4. The topological polar surface area (TPSA) is 111 Å². The second-order valence-electron chi connectivity index (χ2n) is 7.83. The standard InChI is InChI=1S/C18H33NO7S/c1-17(2,3)25-14(21)8-7-13(19-16(23)26-18(4,5)6)15(22)24-10-12-27-11-9-20/h13,20H,7-12H2,1-6H3,(H,19,23)/t13-/m0/s1. The van der Waals surface area contributed by atoms with E-state index in [1.807, 2.05) is 0 Å². The van der Waals surface area contributed by atoms with E-state index in [-0.39, 0.29) is 26.1 Å². The molecule has 0 aliphatic heterocycles. The smallest absolute Gasteiger partial charge is 0.408 e. The van der Waals surface area contributed by atoms with Crippen LogP contribution >= 0.6 is 11.8 Å². The predicted octanol–water partition coefficient (Wildman–Crippen LogP) is 2.27. The van der Waals surface area contributed by atoms with Crippen molar-refractivity contribution in [3.63, 3.8) is 0 Å². The number of nitrogens with one attached hydrogen (secondary N) is 1. The number of rotatable bonds is 10. The van der Waals surface area contributed by atoms with Crippen molar-refractivity contribution in [3.8, 4) is 0 Å². The predicted molar refractivity (Wildman–Crippen MR) is 104 cm³/mol.